The van der Waals surface area contributed by atoms with Crippen LogP contribution in [0.1, 0.15) is 27.0 Å². The van der Waals surface area contributed by atoms with E-state index in [1.807, 2.05) is 61.5 Å². The molecule has 0 aromatic heterocycles. The first kappa shape index (κ1) is 20.6. The molecule has 1 N–H and O–H groups in total. The van der Waals surface area contributed by atoms with Crippen molar-refractivity contribution in [2.75, 3.05) is 10.6 Å². The van der Waals surface area contributed by atoms with Gasteiger partial charge in [-0.25, -0.2) is 8.42 Å². The molecule has 0 saturated carbocycles. The highest BCUT2D eigenvalue weighted by molar-refractivity contribution is 7.92. The normalized spacial score (nSPS) is 11.1. The van der Waals surface area contributed by atoms with E-state index in [0.29, 0.717) is 17.8 Å². The molecule has 0 aliphatic heterocycles. The molecule has 0 bridgehead atoms. The monoisotopic (exact) mass is 408 g/mol. The summed E-state index contributed by atoms with van der Waals surface area (Å²) in [5.74, 6) is -0.314. The molecule has 0 unspecified atom stereocenters. The maximum absolute atomic E-state index is 12.9. The number of carbonyl (C=O) groups excluding carboxylic acids is 1. The summed E-state index contributed by atoms with van der Waals surface area (Å²) in [6.07, 6.45) is 1.15. The van der Waals surface area contributed by atoms with Crippen molar-refractivity contribution in [1.29, 1.82) is 0 Å². The van der Waals surface area contributed by atoms with Gasteiger partial charge in [-0.05, 0) is 35.7 Å². The Balaban J connectivity index is 1.89. The highest BCUT2D eigenvalue weighted by Crippen LogP contribution is 2.25. The van der Waals surface area contributed by atoms with Crippen molar-refractivity contribution in [2.45, 2.75) is 20.0 Å². The Morgan fingerprint density at radius 2 is 1.52 bits per heavy atom. The molecule has 5 nitrogen and oxygen atoms in total. The number of nitrogens with zero attached hydrogens (tertiary/aromatic N) is 1. The first-order valence-electron chi connectivity index (χ1n) is 9.29. The van der Waals surface area contributed by atoms with Crippen LogP contribution in [0.5, 0.6) is 0 Å². The van der Waals surface area contributed by atoms with Crippen LogP contribution in [-0.4, -0.2) is 20.6 Å². The number of sulfonamides is 1. The van der Waals surface area contributed by atoms with Crippen LogP contribution in [-0.2, 0) is 23.1 Å². The SMILES string of the molecule is Cc1ccccc1CNC(=O)c1ccccc1N(Cc1ccccc1)S(C)(=O)=O. The minimum absolute atomic E-state index is 0.155. The number of hydrogen-bond acceptors (Lipinski definition) is 3. The predicted molar refractivity (Wildman–Crippen MR) is 116 cm³/mol. The molecule has 0 atom stereocenters. The van der Waals surface area contributed by atoms with Gasteiger partial charge in [0.2, 0.25) is 10.0 Å². The van der Waals surface area contributed by atoms with Crippen LogP contribution in [0, 0.1) is 6.92 Å². The molecule has 6 heteroatoms. The van der Waals surface area contributed by atoms with Gasteiger partial charge in [-0.15, -0.1) is 0 Å². The topological polar surface area (TPSA) is 66.5 Å². The number of rotatable bonds is 7. The third-order valence-electron chi connectivity index (χ3n) is 4.69. The van der Waals surface area contributed by atoms with Gasteiger partial charge < -0.3 is 5.32 Å². The molecule has 0 aliphatic rings. The van der Waals surface area contributed by atoms with Gasteiger partial charge >= 0.3 is 0 Å². The highest BCUT2D eigenvalue weighted by Gasteiger charge is 2.23. The van der Waals surface area contributed by atoms with E-state index in [0.717, 1.165) is 22.9 Å². The summed E-state index contributed by atoms with van der Waals surface area (Å²) < 4.78 is 26.3. The number of benzene rings is 3. The van der Waals surface area contributed by atoms with Gasteiger partial charge in [-0.1, -0.05) is 66.7 Å². The van der Waals surface area contributed by atoms with E-state index in [-0.39, 0.29) is 12.5 Å². The summed E-state index contributed by atoms with van der Waals surface area (Å²) in [5, 5.41) is 2.91. The molecule has 3 aromatic carbocycles. The van der Waals surface area contributed by atoms with Gasteiger partial charge in [0, 0.05) is 6.54 Å². The zero-order valence-electron chi connectivity index (χ0n) is 16.5. The summed E-state index contributed by atoms with van der Waals surface area (Å²) in [6.45, 7) is 2.51. The van der Waals surface area contributed by atoms with E-state index >= 15 is 0 Å². The molecule has 0 aliphatic carbocycles. The lowest BCUT2D eigenvalue weighted by molar-refractivity contribution is 0.0951. The van der Waals surface area contributed by atoms with Crippen molar-refractivity contribution in [2.24, 2.45) is 0 Å². The van der Waals surface area contributed by atoms with Crippen molar-refractivity contribution < 1.29 is 13.2 Å². The van der Waals surface area contributed by atoms with Crippen molar-refractivity contribution in [3.63, 3.8) is 0 Å². The quantitative estimate of drug-likeness (QED) is 0.645. The fourth-order valence-electron chi connectivity index (χ4n) is 3.09. The second-order valence-corrected chi connectivity index (χ2v) is 8.79. The molecule has 0 fully saturated rings. The highest BCUT2D eigenvalue weighted by atomic mass is 32.2. The average molecular weight is 409 g/mol. The first-order chi connectivity index (χ1) is 13.9. The number of amides is 1. The number of aryl methyl sites for hydroxylation is 1. The van der Waals surface area contributed by atoms with Crippen molar-refractivity contribution in [1.82, 2.24) is 5.32 Å². The predicted octanol–water partition coefficient (Wildman–Crippen LogP) is 3.89. The Hall–Kier alpha value is -3.12. The van der Waals surface area contributed by atoms with Crippen molar-refractivity contribution in [3.05, 3.63) is 101 Å². The molecule has 3 rings (SSSR count). The number of hydrogen-bond donors (Lipinski definition) is 1. The van der Waals surface area contributed by atoms with E-state index in [1.54, 1.807) is 24.3 Å². The third kappa shape index (κ3) is 5.23. The maximum Gasteiger partial charge on any atom is 0.253 e. The average Bonchev–Trinajstić information content (AvgIpc) is 2.71. The Labute approximate surface area is 172 Å². The minimum atomic E-state index is -3.59. The van der Waals surface area contributed by atoms with Crippen LogP contribution in [0.4, 0.5) is 5.69 Å². The molecule has 0 spiro atoms. The summed E-state index contributed by atoms with van der Waals surface area (Å²) in [5.41, 5.74) is 3.63. The minimum Gasteiger partial charge on any atom is -0.348 e. The smallest absolute Gasteiger partial charge is 0.253 e. The van der Waals surface area contributed by atoms with Gasteiger partial charge in [0.1, 0.15) is 0 Å². The van der Waals surface area contributed by atoms with Crippen LogP contribution in [0.15, 0.2) is 78.9 Å². The lowest BCUT2D eigenvalue weighted by Gasteiger charge is -2.25. The standard InChI is InChI=1S/C23H24N2O3S/c1-18-10-6-7-13-20(18)16-24-23(26)21-14-8-9-15-22(21)25(29(2,27)28)17-19-11-4-3-5-12-19/h3-15H,16-17H2,1-2H3,(H,24,26). The van der Waals surface area contributed by atoms with Crippen LogP contribution in [0.3, 0.4) is 0 Å². The van der Waals surface area contributed by atoms with Crippen molar-refractivity contribution in [3.8, 4) is 0 Å². The van der Waals surface area contributed by atoms with E-state index in [1.165, 1.54) is 4.31 Å². The second-order valence-electron chi connectivity index (χ2n) is 6.88. The van der Waals surface area contributed by atoms with E-state index in [2.05, 4.69) is 5.32 Å². The molecular formula is C23H24N2O3S. The fraction of sp³-hybridized carbons (Fsp3) is 0.174. The van der Waals surface area contributed by atoms with E-state index in [9.17, 15) is 13.2 Å². The summed E-state index contributed by atoms with van der Waals surface area (Å²) >= 11 is 0. The van der Waals surface area contributed by atoms with Crippen LogP contribution in [0.25, 0.3) is 0 Å². The van der Waals surface area contributed by atoms with E-state index in [4.69, 9.17) is 0 Å². The van der Waals surface area contributed by atoms with Crippen LogP contribution in [0.2, 0.25) is 0 Å². The molecule has 0 radical (unpaired) electrons. The number of anilines is 1. The third-order valence-corrected chi connectivity index (χ3v) is 5.81. The second kappa shape index (κ2) is 8.92. The Morgan fingerprint density at radius 3 is 2.21 bits per heavy atom. The first-order valence-corrected chi connectivity index (χ1v) is 11.1. The Bertz CT molecular complexity index is 1100. The van der Waals surface area contributed by atoms with Gasteiger partial charge in [0.25, 0.3) is 5.91 Å². The zero-order chi connectivity index (χ0) is 20.9. The molecule has 150 valence electrons. The lowest BCUT2D eigenvalue weighted by atomic mass is 10.1. The lowest BCUT2D eigenvalue weighted by Crippen LogP contribution is -2.32. The molecule has 1 amide bonds. The number of nitrogens with one attached hydrogen (secondary N) is 1. The Morgan fingerprint density at radius 1 is 0.897 bits per heavy atom. The van der Waals surface area contributed by atoms with Gasteiger partial charge in [0.15, 0.2) is 0 Å². The zero-order valence-corrected chi connectivity index (χ0v) is 17.3. The number of carbonyl (C=O) groups is 1. The van der Waals surface area contributed by atoms with Crippen molar-refractivity contribution >= 4 is 21.6 Å². The molecule has 29 heavy (non-hydrogen) atoms. The van der Waals surface area contributed by atoms with E-state index < -0.39 is 10.0 Å². The molecule has 3 aromatic rings. The fourth-order valence-corrected chi connectivity index (χ4v) is 3.99. The summed E-state index contributed by atoms with van der Waals surface area (Å²) in [6, 6.07) is 23.9. The van der Waals surface area contributed by atoms with Gasteiger partial charge in [0.05, 0.1) is 24.1 Å². The maximum atomic E-state index is 12.9. The molecule has 0 saturated heterocycles. The van der Waals surface area contributed by atoms with Crippen LogP contribution >= 0.6 is 0 Å². The van der Waals surface area contributed by atoms with Gasteiger partial charge in [-0.2, -0.15) is 0 Å². The largest absolute Gasteiger partial charge is 0.348 e. The number of para-hydroxylation sites is 1. The summed E-state index contributed by atoms with van der Waals surface area (Å²) in [4.78, 5) is 12.9. The molecule has 0 heterocycles. The van der Waals surface area contributed by atoms with Gasteiger partial charge in [-0.3, -0.25) is 9.10 Å². The molecular weight excluding hydrogens is 384 g/mol. The summed E-state index contributed by atoms with van der Waals surface area (Å²) in [7, 11) is -3.59. The van der Waals surface area contributed by atoms with Crippen LogP contribution < -0.4 is 9.62 Å². The Kier molecular flexibility index (Phi) is 6.34.